The van der Waals surface area contributed by atoms with Gasteiger partial charge in [0.1, 0.15) is 10.1 Å². The van der Waals surface area contributed by atoms with E-state index in [4.69, 9.17) is 0 Å². The van der Waals surface area contributed by atoms with Gasteiger partial charge in [-0.15, -0.1) is 0 Å². The quantitative estimate of drug-likeness (QED) is 0.401. The summed E-state index contributed by atoms with van der Waals surface area (Å²) in [4.78, 5) is 10.3. The molecule has 0 atom stereocenters. The Balaban J connectivity index is 0. The van der Waals surface area contributed by atoms with Crippen molar-refractivity contribution in [2.24, 2.45) is 0 Å². The van der Waals surface area contributed by atoms with E-state index in [0.717, 1.165) is 6.08 Å². The van der Waals surface area contributed by atoms with Crippen molar-refractivity contribution in [3.05, 3.63) is 12.7 Å². The summed E-state index contributed by atoms with van der Waals surface area (Å²) < 4.78 is 29.7. The van der Waals surface area contributed by atoms with E-state index >= 15 is 0 Å². The molecule has 0 unspecified atom stereocenters. The fourth-order valence-electron chi connectivity index (χ4n) is 0.189. The predicted molar refractivity (Wildman–Crippen MR) is 37.4 cm³/mol. The monoisotopic (exact) mass is 266 g/mol. The standard InChI is InChI=1S/C4H6O4S2.Rb/c1-2-4(5)9-3-10(6,7)8;/h2H,1,3H2,(H,6,7,8);/q;+1/p-1. The smallest absolute Gasteiger partial charge is 0.747 e. The molecule has 0 saturated carbocycles. The second-order valence-electron chi connectivity index (χ2n) is 1.34. The molecule has 0 spiro atoms. The zero-order valence-corrected chi connectivity index (χ0v) is 12.5. The first-order valence-corrected chi connectivity index (χ1v) is 4.75. The van der Waals surface area contributed by atoms with Crippen molar-refractivity contribution in [3.63, 3.8) is 0 Å². The van der Waals surface area contributed by atoms with Crippen LogP contribution in [0.2, 0.25) is 0 Å². The summed E-state index contributed by atoms with van der Waals surface area (Å²) >= 11 is 0.426. The van der Waals surface area contributed by atoms with Crippen molar-refractivity contribution in [1.82, 2.24) is 0 Å². The SMILES string of the molecule is C=CC(=O)SCS(=O)(=O)[O-].[Rb+]. The number of thioether (sulfide) groups is 1. The molecule has 0 N–H and O–H groups in total. The first kappa shape index (κ1) is 15.0. The van der Waals surface area contributed by atoms with Crippen LogP contribution in [0.4, 0.5) is 0 Å². The van der Waals surface area contributed by atoms with E-state index in [1.54, 1.807) is 0 Å². The van der Waals surface area contributed by atoms with E-state index in [9.17, 15) is 17.8 Å². The Morgan fingerprint density at radius 2 is 2.09 bits per heavy atom. The minimum atomic E-state index is -4.28. The zero-order valence-electron chi connectivity index (χ0n) is 5.94. The molecule has 0 aromatic rings. The van der Waals surface area contributed by atoms with Gasteiger partial charge in [0, 0.05) is 0 Å². The Morgan fingerprint density at radius 3 is 2.36 bits per heavy atom. The minimum absolute atomic E-state index is 0. The molecule has 0 aliphatic carbocycles. The van der Waals surface area contributed by atoms with E-state index in [0.29, 0.717) is 11.8 Å². The number of hydrogen-bond acceptors (Lipinski definition) is 5. The summed E-state index contributed by atoms with van der Waals surface area (Å²) in [5.41, 5.74) is 0. The Labute approximate surface area is 118 Å². The van der Waals surface area contributed by atoms with Gasteiger partial charge < -0.3 is 4.55 Å². The molecule has 0 radical (unpaired) electrons. The van der Waals surface area contributed by atoms with Gasteiger partial charge in [-0.05, 0) is 6.08 Å². The third-order valence-corrected chi connectivity index (χ3v) is 2.59. The van der Waals surface area contributed by atoms with Crippen LogP contribution in [0.5, 0.6) is 0 Å². The number of rotatable bonds is 3. The van der Waals surface area contributed by atoms with E-state index in [1.165, 1.54) is 0 Å². The number of carbonyl (C=O) groups excluding carboxylic acids is 1. The molecule has 0 bridgehead atoms. The van der Waals surface area contributed by atoms with Crippen LogP contribution in [-0.4, -0.2) is 23.2 Å². The summed E-state index contributed by atoms with van der Waals surface area (Å²) in [6, 6.07) is 0. The summed E-state index contributed by atoms with van der Waals surface area (Å²) in [6.07, 6.45) is 0.954. The maximum atomic E-state index is 10.3. The van der Waals surface area contributed by atoms with Crippen molar-refractivity contribution >= 4 is 27.0 Å². The van der Waals surface area contributed by atoms with Gasteiger partial charge in [-0.25, -0.2) is 8.42 Å². The topological polar surface area (TPSA) is 74.3 Å². The molecule has 0 saturated heterocycles. The van der Waals surface area contributed by atoms with Crippen molar-refractivity contribution in [3.8, 4) is 0 Å². The average molecular weight is 267 g/mol. The van der Waals surface area contributed by atoms with E-state index in [1.807, 2.05) is 0 Å². The van der Waals surface area contributed by atoms with Gasteiger partial charge >= 0.3 is 58.2 Å². The molecule has 58 valence electrons. The molecule has 0 aliphatic heterocycles. The van der Waals surface area contributed by atoms with Crippen molar-refractivity contribution in [2.45, 2.75) is 0 Å². The van der Waals surface area contributed by atoms with Crippen molar-refractivity contribution < 1.29 is 76.0 Å². The fourth-order valence-corrected chi connectivity index (χ4v) is 1.35. The van der Waals surface area contributed by atoms with Crippen LogP contribution in [0.3, 0.4) is 0 Å². The van der Waals surface area contributed by atoms with E-state index in [2.05, 4.69) is 6.58 Å². The maximum absolute atomic E-state index is 10.3. The molecule has 11 heavy (non-hydrogen) atoms. The molecule has 4 nitrogen and oxygen atoms in total. The average Bonchev–Trinajstić information content (AvgIpc) is 1.81. The molecule has 0 aliphatic rings. The molecule has 0 rings (SSSR count). The third-order valence-electron chi connectivity index (χ3n) is 0.512. The van der Waals surface area contributed by atoms with Crippen LogP contribution in [-0.2, 0) is 14.9 Å². The third kappa shape index (κ3) is 11.5. The molecule has 0 aromatic heterocycles. The van der Waals surface area contributed by atoms with Crippen LogP contribution in [0.15, 0.2) is 12.7 Å². The molecule has 0 amide bonds. The van der Waals surface area contributed by atoms with Crippen LogP contribution in [0.1, 0.15) is 0 Å². The Bertz CT molecular complexity index is 232. The van der Waals surface area contributed by atoms with Crippen LogP contribution in [0, 0.1) is 0 Å². The van der Waals surface area contributed by atoms with Crippen LogP contribution in [0.25, 0.3) is 0 Å². The molecule has 0 heterocycles. The first-order chi connectivity index (χ1) is 4.45. The Morgan fingerprint density at radius 1 is 1.64 bits per heavy atom. The van der Waals surface area contributed by atoms with Gasteiger partial charge in [0.2, 0.25) is 5.12 Å². The molecule has 0 fully saturated rings. The largest absolute Gasteiger partial charge is 1.00 e. The number of hydrogen-bond donors (Lipinski definition) is 0. The van der Waals surface area contributed by atoms with Gasteiger partial charge in [-0.2, -0.15) is 0 Å². The zero-order chi connectivity index (χ0) is 8.20. The van der Waals surface area contributed by atoms with Gasteiger partial charge in [0.05, 0.1) is 5.08 Å². The molecular formula is C4H5O4RbS2. The van der Waals surface area contributed by atoms with Crippen LogP contribution >= 0.6 is 11.8 Å². The molecule has 7 heteroatoms. The summed E-state index contributed by atoms with van der Waals surface area (Å²) in [6.45, 7) is 3.09. The second kappa shape index (κ2) is 6.93. The summed E-state index contributed by atoms with van der Waals surface area (Å²) in [5.74, 6) is 0. The van der Waals surface area contributed by atoms with Crippen LogP contribution < -0.4 is 58.2 Å². The predicted octanol–water partition coefficient (Wildman–Crippen LogP) is -3.06. The first-order valence-electron chi connectivity index (χ1n) is 2.18. The van der Waals surface area contributed by atoms with Gasteiger partial charge in [0.25, 0.3) is 0 Å². The number of carbonyl (C=O) groups is 1. The van der Waals surface area contributed by atoms with Gasteiger partial charge in [0.15, 0.2) is 0 Å². The summed E-state index contributed by atoms with van der Waals surface area (Å²) in [5, 5.41) is -1.24. The van der Waals surface area contributed by atoms with Crippen molar-refractivity contribution in [2.75, 3.05) is 5.08 Å². The van der Waals surface area contributed by atoms with E-state index < -0.39 is 20.3 Å². The van der Waals surface area contributed by atoms with Gasteiger partial charge in [-0.1, -0.05) is 18.3 Å². The minimum Gasteiger partial charge on any atom is -0.747 e. The normalized spacial score (nSPS) is 9.91. The van der Waals surface area contributed by atoms with Crippen molar-refractivity contribution in [1.29, 1.82) is 0 Å². The Kier molecular flexibility index (Phi) is 9.44. The summed E-state index contributed by atoms with van der Waals surface area (Å²) in [7, 11) is -4.28. The second-order valence-corrected chi connectivity index (χ2v) is 4.09. The maximum Gasteiger partial charge on any atom is 1.00 e. The molecular weight excluding hydrogens is 262 g/mol. The fraction of sp³-hybridized carbons (Fsp3) is 0.250. The van der Waals surface area contributed by atoms with E-state index in [-0.39, 0.29) is 58.2 Å². The van der Waals surface area contributed by atoms with Gasteiger partial charge in [-0.3, -0.25) is 4.79 Å². The Hall–Kier alpha value is 1.48. The molecule has 0 aromatic carbocycles.